The number of ether oxygens (including phenoxy) is 5. The van der Waals surface area contributed by atoms with E-state index in [0.29, 0.717) is 4.57 Å². The van der Waals surface area contributed by atoms with Crippen LogP contribution in [-0.4, -0.2) is 87.5 Å². The number of carbonyl (C=O) groups is 2. The van der Waals surface area contributed by atoms with E-state index < -0.39 is 93.0 Å². The van der Waals surface area contributed by atoms with Gasteiger partial charge in [-0.3, -0.25) is 18.9 Å². The molecule has 1 aromatic rings. The average Bonchev–Trinajstić information content (AvgIpc) is 3.02. The molecular formula is C23H36FN2O15P. The van der Waals surface area contributed by atoms with Gasteiger partial charge in [-0.25, -0.2) is 32.4 Å². The Labute approximate surface area is 239 Å². The molecule has 6 unspecified atom stereocenters. The van der Waals surface area contributed by atoms with Crippen molar-refractivity contribution in [2.24, 2.45) is 0 Å². The molecule has 0 radical (unpaired) electrons. The molecule has 0 spiro atoms. The Kier molecular flexibility index (Phi) is 11.8. The molecular weight excluding hydrogens is 594 g/mol. The van der Waals surface area contributed by atoms with Crippen LogP contribution in [-0.2, 0) is 41.8 Å². The molecule has 1 aromatic heterocycles. The number of carbonyl (C=O) groups excluding carboxylic acids is 2. The summed E-state index contributed by atoms with van der Waals surface area (Å²) in [5.41, 5.74) is -6.68. The number of aromatic nitrogens is 2. The highest BCUT2D eigenvalue weighted by atomic mass is 31.2. The maximum atomic E-state index is 14.5. The summed E-state index contributed by atoms with van der Waals surface area (Å²) in [4.78, 5) is 49.4. The number of H-pyrrole nitrogens is 1. The highest BCUT2D eigenvalue weighted by Gasteiger charge is 2.63. The Morgan fingerprint density at radius 1 is 1.05 bits per heavy atom. The van der Waals surface area contributed by atoms with Gasteiger partial charge in [-0.2, -0.15) is 0 Å². The van der Waals surface area contributed by atoms with Crippen molar-refractivity contribution < 1.29 is 66.0 Å². The van der Waals surface area contributed by atoms with E-state index in [-0.39, 0.29) is 0 Å². The number of aromatic amines is 1. The van der Waals surface area contributed by atoms with Crippen LogP contribution < -0.4 is 11.2 Å². The highest BCUT2D eigenvalue weighted by Crippen LogP contribution is 2.54. The second kappa shape index (κ2) is 14.1. The van der Waals surface area contributed by atoms with Crippen molar-refractivity contribution in [2.75, 3.05) is 13.3 Å². The van der Waals surface area contributed by atoms with E-state index in [0.717, 1.165) is 33.0 Å². The van der Waals surface area contributed by atoms with Crippen LogP contribution in [0.4, 0.5) is 14.0 Å². The fraction of sp³-hybridized carbons (Fsp3) is 0.739. The summed E-state index contributed by atoms with van der Waals surface area (Å²) in [7, 11) is -5.02. The lowest BCUT2D eigenvalue weighted by Gasteiger charge is -2.32. The standard InChI is InChI=1S/C23H36FN2O15P/c1-12(2)35-20(30)37-14(5)40-42(33,41-15(6)38-21(31)36-13(3)4)34-11-23(10-24)17(28)22(7,32)18(39-23)26-9-8-16(27)25-19(26)29/h8-9,12-15,17-18,28,32H,10-11H2,1-7H3,(H,25,27,29). The largest absolute Gasteiger partial charge is 0.510 e. The Hall–Kier alpha value is -2.86. The van der Waals surface area contributed by atoms with Crippen molar-refractivity contribution in [3.63, 3.8) is 0 Å². The smallest absolute Gasteiger partial charge is 0.432 e. The van der Waals surface area contributed by atoms with Crippen molar-refractivity contribution >= 4 is 20.1 Å². The molecule has 0 aliphatic carbocycles. The van der Waals surface area contributed by atoms with Gasteiger partial charge in [0, 0.05) is 12.3 Å². The van der Waals surface area contributed by atoms with E-state index >= 15 is 0 Å². The Morgan fingerprint density at radius 3 is 1.98 bits per heavy atom. The molecule has 0 amide bonds. The van der Waals surface area contributed by atoms with Gasteiger partial charge in [-0.05, 0) is 48.5 Å². The SMILES string of the molecule is CC(C)OC(=O)OC(C)OP(=O)(OCC1(CF)OC(n2ccc(=O)[nH]c2=O)C(C)(O)C1O)OC(C)OC(=O)OC(C)C. The van der Waals surface area contributed by atoms with Gasteiger partial charge < -0.3 is 33.9 Å². The van der Waals surface area contributed by atoms with Crippen molar-refractivity contribution in [3.05, 3.63) is 33.1 Å². The third-order valence-electron chi connectivity index (χ3n) is 5.44. The first-order valence-corrected chi connectivity index (χ1v) is 14.1. The number of hydrogen-bond donors (Lipinski definition) is 3. The third-order valence-corrected chi connectivity index (χ3v) is 6.99. The van der Waals surface area contributed by atoms with Gasteiger partial charge in [-0.15, -0.1) is 0 Å². The van der Waals surface area contributed by atoms with Crippen molar-refractivity contribution in [3.8, 4) is 0 Å². The van der Waals surface area contributed by atoms with Gasteiger partial charge in [0.25, 0.3) is 5.56 Å². The molecule has 0 bridgehead atoms. The number of hydrogen-bond acceptors (Lipinski definition) is 15. The molecule has 19 heteroatoms. The summed E-state index contributed by atoms with van der Waals surface area (Å²) in [5, 5.41) is 21.9. The maximum absolute atomic E-state index is 14.5. The van der Waals surface area contributed by atoms with Crippen LogP contribution in [0.15, 0.2) is 21.9 Å². The summed E-state index contributed by atoms with van der Waals surface area (Å²) in [6.45, 7) is 6.65. The molecule has 1 saturated heterocycles. The molecule has 1 aliphatic heterocycles. The maximum Gasteiger partial charge on any atom is 0.510 e. The van der Waals surface area contributed by atoms with Crippen LogP contribution in [0.2, 0.25) is 0 Å². The second-order valence-corrected chi connectivity index (χ2v) is 11.5. The fourth-order valence-electron chi connectivity index (χ4n) is 3.67. The first kappa shape index (κ1) is 35.3. The van der Waals surface area contributed by atoms with Crippen molar-refractivity contribution in [2.45, 2.75) is 96.8 Å². The predicted molar refractivity (Wildman–Crippen MR) is 137 cm³/mol. The number of rotatable bonds is 13. The van der Waals surface area contributed by atoms with E-state index in [2.05, 4.69) is 0 Å². The van der Waals surface area contributed by atoms with Crippen molar-refractivity contribution in [1.29, 1.82) is 0 Å². The minimum atomic E-state index is -5.02. The predicted octanol–water partition coefficient (Wildman–Crippen LogP) is 1.86. The third kappa shape index (κ3) is 9.07. The average molecular weight is 631 g/mol. The normalized spacial score (nSPS) is 26.9. The van der Waals surface area contributed by atoms with Crippen LogP contribution in [0.1, 0.15) is 54.7 Å². The Balaban J connectivity index is 2.33. The van der Waals surface area contributed by atoms with Crippen LogP contribution in [0.3, 0.4) is 0 Å². The topological polar surface area (TPSA) is 220 Å². The lowest BCUT2D eigenvalue weighted by Crippen LogP contribution is -2.53. The summed E-state index contributed by atoms with van der Waals surface area (Å²) in [6, 6.07) is 0.923. The minimum Gasteiger partial charge on any atom is -0.432 e. The zero-order valence-corrected chi connectivity index (χ0v) is 24.9. The number of nitrogens with zero attached hydrogens (tertiary/aromatic N) is 1. The number of aliphatic hydroxyl groups is 2. The molecule has 1 aliphatic rings. The first-order valence-electron chi connectivity index (χ1n) is 12.7. The number of phosphoric acid groups is 1. The summed E-state index contributed by atoms with van der Waals surface area (Å²) in [6.07, 6.45) is -9.88. The van der Waals surface area contributed by atoms with Crippen LogP contribution in [0, 0.1) is 0 Å². The number of halogens is 1. The van der Waals surface area contributed by atoms with Crippen molar-refractivity contribution in [1.82, 2.24) is 9.55 Å². The molecule has 0 aromatic carbocycles. The lowest BCUT2D eigenvalue weighted by atomic mass is 9.88. The monoisotopic (exact) mass is 630 g/mol. The summed E-state index contributed by atoms with van der Waals surface area (Å²) < 4.78 is 69.2. The zero-order valence-electron chi connectivity index (χ0n) is 24.0. The molecule has 240 valence electrons. The molecule has 0 saturated carbocycles. The van der Waals surface area contributed by atoms with Gasteiger partial charge in [0.2, 0.25) is 12.6 Å². The second-order valence-electron chi connectivity index (χ2n) is 9.95. The van der Waals surface area contributed by atoms with E-state index in [4.69, 9.17) is 37.3 Å². The highest BCUT2D eigenvalue weighted by molar-refractivity contribution is 7.48. The van der Waals surface area contributed by atoms with Gasteiger partial charge in [0.1, 0.15) is 18.4 Å². The lowest BCUT2D eigenvalue weighted by molar-refractivity contribution is -0.148. The fourth-order valence-corrected chi connectivity index (χ4v) is 5.03. The number of alkyl halides is 1. The van der Waals surface area contributed by atoms with Gasteiger partial charge in [-0.1, -0.05) is 0 Å². The molecule has 42 heavy (non-hydrogen) atoms. The molecule has 6 atom stereocenters. The number of phosphoric ester groups is 1. The summed E-state index contributed by atoms with van der Waals surface area (Å²) >= 11 is 0. The van der Waals surface area contributed by atoms with E-state index in [9.17, 15) is 38.3 Å². The van der Waals surface area contributed by atoms with Crippen LogP contribution in [0.5, 0.6) is 0 Å². The van der Waals surface area contributed by atoms with Gasteiger partial charge in [0.05, 0.1) is 18.8 Å². The number of aliphatic hydroxyl groups excluding tert-OH is 1. The molecule has 3 N–H and O–H groups in total. The quantitative estimate of drug-likeness (QED) is 0.161. The van der Waals surface area contributed by atoms with Gasteiger partial charge >= 0.3 is 25.8 Å². The van der Waals surface area contributed by atoms with E-state index in [1.54, 1.807) is 0 Å². The minimum absolute atomic E-state index is 0.578. The molecule has 17 nitrogen and oxygen atoms in total. The molecule has 2 heterocycles. The Bertz CT molecular complexity index is 1210. The number of nitrogens with one attached hydrogen (secondary N) is 1. The van der Waals surface area contributed by atoms with E-state index in [1.165, 1.54) is 27.7 Å². The Morgan fingerprint density at radius 2 is 1.55 bits per heavy atom. The molecule has 1 fully saturated rings. The van der Waals surface area contributed by atoms with Crippen LogP contribution >= 0.6 is 7.82 Å². The summed E-state index contributed by atoms with van der Waals surface area (Å²) in [5.74, 6) is 0. The van der Waals surface area contributed by atoms with Crippen LogP contribution in [0.25, 0.3) is 0 Å². The first-order chi connectivity index (χ1) is 19.3. The van der Waals surface area contributed by atoms with E-state index in [1.807, 2.05) is 4.98 Å². The molecule has 2 rings (SSSR count). The zero-order chi connectivity index (χ0) is 32.0. The van der Waals surface area contributed by atoms with Gasteiger partial charge in [0.15, 0.2) is 11.8 Å².